The minimum Gasteiger partial charge on any atom is -0.496 e. The van der Waals surface area contributed by atoms with Gasteiger partial charge in [0.1, 0.15) is 18.2 Å². The number of hydrogen-bond acceptors (Lipinski definition) is 5. The normalized spacial score (nSPS) is 17.8. The fourth-order valence-electron chi connectivity index (χ4n) is 3.15. The van der Waals surface area contributed by atoms with Crippen molar-refractivity contribution in [3.05, 3.63) is 41.0 Å². The Balaban J connectivity index is 1.81. The smallest absolute Gasteiger partial charge is 0.254 e. The van der Waals surface area contributed by atoms with Gasteiger partial charge in [-0.25, -0.2) is 0 Å². The molecule has 7 heteroatoms. The second-order valence-electron chi connectivity index (χ2n) is 6.05. The highest BCUT2D eigenvalue weighted by Crippen LogP contribution is 2.26. The Labute approximate surface area is 141 Å². The average molecular weight is 330 g/mol. The van der Waals surface area contributed by atoms with Crippen LogP contribution in [-0.2, 0) is 11.8 Å². The summed E-state index contributed by atoms with van der Waals surface area (Å²) >= 11 is 0. The molecule has 1 aliphatic heterocycles. The average Bonchev–Trinajstić information content (AvgIpc) is 3.00. The summed E-state index contributed by atoms with van der Waals surface area (Å²) in [4.78, 5) is 14.7. The summed E-state index contributed by atoms with van der Waals surface area (Å²) in [5, 5.41) is 7.97. The molecule has 1 fully saturated rings. The van der Waals surface area contributed by atoms with E-state index < -0.39 is 0 Å². The van der Waals surface area contributed by atoms with Crippen molar-refractivity contribution in [3.63, 3.8) is 0 Å². The van der Waals surface area contributed by atoms with Gasteiger partial charge in [0.15, 0.2) is 5.82 Å². The highest BCUT2D eigenvalue weighted by molar-refractivity contribution is 5.95. The second-order valence-corrected chi connectivity index (χ2v) is 6.05. The van der Waals surface area contributed by atoms with Gasteiger partial charge in [-0.05, 0) is 37.1 Å². The Hall–Kier alpha value is -2.41. The lowest BCUT2D eigenvalue weighted by molar-refractivity contribution is -0.0281. The maximum atomic E-state index is 12.9. The van der Waals surface area contributed by atoms with Crippen molar-refractivity contribution in [1.82, 2.24) is 19.7 Å². The van der Waals surface area contributed by atoms with E-state index in [1.54, 1.807) is 13.4 Å². The van der Waals surface area contributed by atoms with Gasteiger partial charge < -0.3 is 18.9 Å². The van der Waals surface area contributed by atoms with Gasteiger partial charge in [0.05, 0.1) is 20.3 Å². The van der Waals surface area contributed by atoms with Gasteiger partial charge >= 0.3 is 0 Å². The van der Waals surface area contributed by atoms with Crippen molar-refractivity contribution >= 4 is 5.91 Å². The van der Waals surface area contributed by atoms with Gasteiger partial charge in [-0.3, -0.25) is 4.79 Å². The van der Waals surface area contributed by atoms with Crippen molar-refractivity contribution in [2.24, 2.45) is 7.05 Å². The molecule has 1 unspecified atom stereocenters. The number of ether oxygens (including phenoxy) is 2. The number of methoxy groups -OCH3 is 1. The van der Waals surface area contributed by atoms with Gasteiger partial charge in [0.25, 0.3) is 5.91 Å². The number of aromatic nitrogens is 3. The SMILES string of the molecule is COc1c(C)cc(C(=O)N2CCOC(c3nncn3C)C2)cc1C. The highest BCUT2D eigenvalue weighted by Gasteiger charge is 2.29. The first-order valence-corrected chi connectivity index (χ1v) is 7.91. The number of rotatable bonds is 3. The van der Waals surface area contributed by atoms with Crippen LogP contribution in [0.3, 0.4) is 0 Å². The third-order valence-electron chi connectivity index (χ3n) is 4.30. The Kier molecular flexibility index (Phi) is 4.53. The van der Waals surface area contributed by atoms with Gasteiger partial charge in [0.2, 0.25) is 0 Å². The maximum Gasteiger partial charge on any atom is 0.254 e. The van der Waals surface area contributed by atoms with Crippen LogP contribution in [0.1, 0.15) is 33.4 Å². The van der Waals surface area contributed by atoms with Crippen molar-refractivity contribution in [1.29, 1.82) is 0 Å². The van der Waals surface area contributed by atoms with Crippen molar-refractivity contribution in [3.8, 4) is 5.75 Å². The van der Waals surface area contributed by atoms with Gasteiger partial charge in [-0.2, -0.15) is 0 Å². The molecule has 1 aromatic carbocycles. The number of hydrogen-bond donors (Lipinski definition) is 0. The molecular weight excluding hydrogens is 308 g/mol. The van der Waals surface area contributed by atoms with Crippen LogP contribution >= 0.6 is 0 Å². The number of aryl methyl sites for hydroxylation is 3. The lowest BCUT2D eigenvalue weighted by Crippen LogP contribution is -2.42. The van der Waals surface area contributed by atoms with Gasteiger partial charge in [0, 0.05) is 19.2 Å². The number of nitrogens with zero attached hydrogens (tertiary/aromatic N) is 4. The first-order chi connectivity index (χ1) is 11.5. The lowest BCUT2D eigenvalue weighted by Gasteiger charge is -2.32. The maximum absolute atomic E-state index is 12.9. The number of carbonyl (C=O) groups excluding carboxylic acids is 1. The first kappa shape index (κ1) is 16.4. The fraction of sp³-hybridized carbons (Fsp3) is 0.471. The predicted molar refractivity (Wildman–Crippen MR) is 88.1 cm³/mol. The van der Waals surface area contributed by atoms with Crippen molar-refractivity contribution < 1.29 is 14.3 Å². The molecule has 0 N–H and O–H groups in total. The Morgan fingerprint density at radius 1 is 1.33 bits per heavy atom. The molecule has 128 valence electrons. The molecule has 24 heavy (non-hydrogen) atoms. The summed E-state index contributed by atoms with van der Waals surface area (Å²) in [6.07, 6.45) is 1.38. The predicted octanol–water partition coefficient (Wildman–Crippen LogP) is 1.65. The molecule has 7 nitrogen and oxygen atoms in total. The summed E-state index contributed by atoms with van der Waals surface area (Å²) in [5.74, 6) is 1.56. The molecule has 0 aliphatic carbocycles. The summed E-state index contributed by atoms with van der Waals surface area (Å²) in [6, 6.07) is 3.75. The van der Waals surface area contributed by atoms with E-state index in [0.29, 0.717) is 25.3 Å². The van der Waals surface area contributed by atoms with E-state index in [1.807, 2.05) is 42.5 Å². The molecule has 1 atom stereocenters. The fourth-order valence-corrected chi connectivity index (χ4v) is 3.15. The molecule has 0 radical (unpaired) electrons. The molecule has 1 aliphatic rings. The standard InChI is InChI=1S/C17H22N4O3/c1-11-7-13(8-12(2)15(11)23-4)17(22)21-5-6-24-14(9-21)16-19-18-10-20(16)3/h7-8,10,14H,5-6,9H2,1-4H3. The molecule has 1 amide bonds. The van der Waals surface area contributed by atoms with Crippen LogP contribution < -0.4 is 4.74 Å². The monoisotopic (exact) mass is 330 g/mol. The molecule has 3 rings (SSSR count). The van der Waals surface area contributed by atoms with E-state index in [1.165, 1.54) is 0 Å². The Bertz CT molecular complexity index is 733. The van der Waals surface area contributed by atoms with Gasteiger partial charge in [-0.15, -0.1) is 10.2 Å². The van der Waals surface area contributed by atoms with Crippen molar-refractivity contribution in [2.75, 3.05) is 26.8 Å². The largest absolute Gasteiger partial charge is 0.496 e. The molecule has 0 bridgehead atoms. The first-order valence-electron chi connectivity index (χ1n) is 7.91. The van der Waals surface area contributed by atoms with Crippen molar-refractivity contribution in [2.45, 2.75) is 20.0 Å². The zero-order valence-electron chi connectivity index (χ0n) is 14.4. The van der Waals surface area contributed by atoms with Crippen LogP contribution in [0, 0.1) is 13.8 Å². The van der Waals surface area contributed by atoms with E-state index in [-0.39, 0.29) is 12.0 Å². The number of amides is 1. The molecule has 0 spiro atoms. The molecule has 0 saturated carbocycles. The van der Waals surface area contributed by atoms with E-state index in [0.717, 1.165) is 22.7 Å². The second kappa shape index (κ2) is 6.60. The minimum absolute atomic E-state index is 0.000628. The lowest BCUT2D eigenvalue weighted by atomic mass is 10.0. The Morgan fingerprint density at radius 2 is 2.04 bits per heavy atom. The molecular formula is C17H22N4O3. The quantitative estimate of drug-likeness (QED) is 0.856. The van der Waals surface area contributed by atoms with Crippen LogP contribution in [0.4, 0.5) is 0 Å². The molecule has 1 aromatic heterocycles. The molecule has 1 saturated heterocycles. The summed E-state index contributed by atoms with van der Waals surface area (Å²) < 4.78 is 13.0. The summed E-state index contributed by atoms with van der Waals surface area (Å²) in [7, 11) is 3.51. The van der Waals surface area contributed by atoms with Crippen LogP contribution in [0.5, 0.6) is 5.75 Å². The zero-order chi connectivity index (χ0) is 17.3. The van der Waals surface area contributed by atoms with Crippen LogP contribution in [0.25, 0.3) is 0 Å². The van der Waals surface area contributed by atoms with E-state index in [9.17, 15) is 4.79 Å². The molecule has 2 heterocycles. The Morgan fingerprint density at radius 3 is 2.62 bits per heavy atom. The summed E-state index contributed by atoms with van der Waals surface area (Å²) in [5.41, 5.74) is 2.59. The van der Waals surface area contributed by atoms with E-state index >= 15 is 0 Å². The van der Waals surface area contributed by atoms with Gasteiger partial charge in [-0.1, -0.05) is 0 Å². The van der Waals surface area contributed by atoms with Crippen LogP contribution in [-0.4, -0.2) is 52.4 Å². The van der Waals surface area contributed by atoms with E-state index in [4.69, 9.17) is 9.47 Å². The highest BCUT2D eigenvalue weighted by atomic mass is 16.5. The van der Waals surface area contributed by atoms with Crippen LogP contribution in [0.2, 0.25) is 0 Å². The third kappa shape index (κ3) is 2.99. The summed E-state index contributed by atoms with van der Waals surface area (Å²) in [6.45, 7) is 5.42. The van der Waals surface area contributed by atoms with Crippen LogP contribution in [0.15, 0.2) is 18.5 Å². The minimum atomic E-state index is -0.254. The topological polar surface area (TPSA) is 69.5 Å². The number of morpholine rings is 1. The number of carbonyl (C=O) groups is 1. The van der Waals surface area contributed by atoms with E-state index in [2.05, 4.69) is 10.2 Å². The third-order valence-corrected chi connectivity index (χ3v) is 4.30. The zero-order valence-corrected chi connectivity index (χ0v) is 14.4. The molecule has 2 aromatic rings. The number of benzene rings is 1.